The summed E-state index contributed by atoms with van der Waals surface area (Å²) < 4.78 is 6.19. The molecule has 23 heavy (non-hydrogen) atoms. The zero-order valence-corrected chi connectivity index (χ0v) is 13.7. The monoisotopic (exact) mass is 373 g/mol. The largest absolute Gasteiger partial charge is 0.494 e. The first-order valence-corrected chi connectivity index (χ1v) is 7.43. The van der Waals surface area contributed by atoms with E-state index in [1.807, 2.05) is 6.07 Å². The van der Waals surface area contributed by atoms with Crippen molar-refractivity contribution < 1.29 is 14.6 Å². The molecule has 0 saturated heterocycles. The molecule has 0 amide bonds. The molecular formula is C16H12BrN3O3. The van der Waals surface area contributed by atoms with E-state index in [0.717, 1.165) is 21.0 Å². The van der Waals surface area contributed by atoms with Gasteiger partial charge in [0.1, 0.15) is 11.3 Å². The lowest BCUT2D eigenvalue weighted by Gasteiger charge is -2.12. The van der Waals surface area contributed by atoms with Gasteiger partial charge in [-0.2, -0.15) is 0 Å². The Morgan fingerprint density at radius 2 is 2.00 bits per heavy atom. The summed E-state index contributed by atoms with van der Waals surface area (Å²) >= 11 is 3.56. The quantitative estimate of drug-likeness (QED) is 0.730. The lowest BCUT2D eigenvalue weighted by atomic mass is 10.0. The molecule has 3 N–H and O–H groups in total. The summed E-state index contributed by atoms with van der Waals surface area (Å²) in [5, 5.41) is 9.75. The van der Waals surface area contributed by atoms with Crippen LogP contribution in [0.4, 0.5) is 5.95 Å². The summed E-state index contributed by atoms with van der Waals surface area (Å²) in [6, 6.07) is 8.43. The van der Waals surface area contributed by atoms with Crippen LogP contribution in [0.3, 0.4) is 0 Å². The van der Waals surface area contributed by atoms with E-state index < -0.39 is 5.97 Å². The fourth-order valence-electron chi connectivity index (χ4n) is 2.31. The molecule has 0 saturated carbocycles. The van der Waals surface area contributed by atoms with Crippen molar-refractivity contribution in [2.75, 3.05) is 12.8 Å². The lowest BCUT2D eigenvalue weighted by Crippen LogP contribution is -1.98. The summed E-state index contributed by atoms with van der Waals surface area (Å²) in [6.45, 7) is 0. The topological polar surface area (TPSA) is 98.3 Å². The highest BCUT2D eigenvalue weighted by molar-refractivity contribution is 9.10. The zero-order chi connectivity index (χ0) is 16.6. The molecule has 7 heteroatoms. The van der Waals surface area contributed by atoms with Crippen LogP contribution in [0.5, 0.6) is 5.75 Å². The first kappa shape index (κ1) is 15.2. The molecule has 3 aromatic rings. The molecule has 0 atom stereocenters. The van der Waals surface area contributed by atoms with Gasteiger partial charge in [-0.3, -0.25) is 0 Å². The van der Waals surface area contributed by atoms with E-state index in [-0.39, 0.29) is 11.5 Å². The Bertz CT molecular complexity index is 911. The summed E-state index contributed by atoms with van der Waals surface area (Å²) in [5.41, 5.74) is 8.18. The fourth-order valence-corrected chi connectivity index (χ4v) is 2.94. The number of methoxy groups -OCH3 is 1. The van der Waals surface area contributed by atoms with Gasteiger partial charge >= 0.3 is 5.97 Å². The molecular weight excluding hydrogens is 362 g/mol. The number of carbonyl (C=O) groups is 1. The Hall–Kier alpha value is -2.67. The van der Waals surface area contributed by atoms with E-state index >= 15 is 0 Å². The normalized spacial score (nSPS) is 10.7. The highest BCUT2D eigenvalue weighted by Crippen LogP contribution is 2.39. The van der Waals surface area contributed by atoms with Crippen molar-refractivity contribution in [1.82, 2.24) is 9.97 Å². The van der Waals surface area contributed by atoms with Crippen LogP contribution in [-0.4, -0.2) is 28.2 Å². The second-order valence-corrected chi connectivity index (χ2v) is 5.61. The summed E-state index contributed by atoms with van der Waals surface area (Å²) in [4.78, 5) is 19.2. The fraction of sp³-hybridized carbons (Fsp3) is 0.0625. The highest BCUT2D eigenvalue weighted by Gasteiger charge is 2.15. The number of nitrogens with zero attached hydrogens (tertiary/aromatic N) is 2. The minimum absolute atomic E-state index is 0.168. The zero-order valence-electron chi connectivity index (χ0n) is 12.1. The first-order valence-electron chi connectivity index (χ1n) is 6.63. The smallest absolute Gasteiger partial charge is 0.335 e. The van der Waals surface area contributed by atoms with Gasteiger partial charge in [-0.05, 0) is 39.7 Å². The summed E-state index contributed by atoms with van der Waals surface area (Å²) in [5.74, 6) is -0.230. The highest BCUT2D eigenvalue weighted by atomic mass is 79.9. The number of aromatic carboxylic acids is 1. The molecule has 0 spiro atoms. The summed E-state index contributed by atoms with van der Waals surface area (Å²) in [6.07, 6.45) is 1.62. The Balaban J connectivity index is 2.23. The molecule has 0 radical (unpaired) electrons. The number of carboxylic acids is 1. The third-order valence-electron chi connectivity index (χ3n) is 3.45. The standard InChI is InChI=1S/C16H12BrN3O3/c1-23-12-6-10(8-2-4-9(5-3-8)15(21)22)13(17)11-7-19-16(18)20-14(11)12/h2-7H,1H3,(H,21,22)(H2,18,19,20). The molecule has 1 heterocycles. The molecule has 0 unspecified atom stereocenters. The van der Waals surface area contributed by atoms with Gasteiger partial charge in [0.25, 0.3) is 0 Å². The minimum Gasteiger partial charge on any atom is -0.494 e. The van der Waals surface area contributed by atoms with Crippen molar-refractivity contribution in [3.8, 4) is 16.9 Å². The van der Waals surface area contributed by atoms with Crippen LogP contribution < -0.4 is 10.5 Å². The number of ether oxygens (including phenoxy) is 1. The van der Waals surface area contributed by atoms with E-state index in [4.69, 9.17) is 15.6 Å². The maximum atomic E-state index is 11.0. The number of anilines is 1. The van der Waals surface area contributed by atoms with Gasteiger partial charge in [0.05, 0.1) is 12.7 Å². The molecule has 0 aliphatic rings. The van der Waals surface area contributed by atoms with Crippen LogP contribution in [0.2, 0.25) is 0 Å². The molecule has 2 aromatic carbocycles. The molecule has 0 aliphatic heterocycles. The number of aromatic nitrogens is 2. The molecule has 0 aliphatic carbocycles. The Kier molecular flexibility index (Phi) is 3.87. The van der Waals surface area contributed by atoms with Crippen molar-refractivity contribution in [3.63, 3.8) is 0 Å². The average Bonchev–Trinajstić information content (AvgIpc) is 2.55. The molecule has 0 bridgehead atoms. The van der Waals surface area contributed by atoms with Crippen molar-refractivity contribution in [2.45, 2.75) is 0 Å². The molecule has 116 valence electrons. The van der Waals surface area contributed by atoms with E-state index in [2.05, 4.69) is 25.9 Å². The van der Waals surface area contributed by atoms with Crippen molar-refractivity contribution in [1.29, 1.82) is 0 Å². The van der Waals surface area contributed by atoms with Gasteiger partial charge in [0, 0.05) is 21.6 Å². The van der Waals surface area contributed by atoms with Crippen LogP contribution in [0.1, 0.15) is 10.4 Å². The Morgan fingerprint density at radius 3 is 2.61 bits per heavy atom. The maximum absolute atomic E-state index is 11.0. The van der Waals surface area contributed by atoms with Crippen molar-refractivity contribution in [2.24, 2.45) is 0 Å². The van der Waals surface area contributed by atoms with E-state index in [9.17, 15) is 4.79 Å². The first-order chi connectivity index (χ1) is 11.0. The Morgan fingerprint density at radius 1 is 1.30 bits per heavy atom. The Labute approximate surface area is 140 Å². The number of nitrogen functional groups attached to an aromatic ring is 1. The van der Waals surface area contributed by atoms with Gasteiger partial charge in [-0.25, -0.2) is 14.8 Å². The van der Waals surface area contributed by atoms with Gasteiger partial charge in [-0.1, -0.05) is 12.1 Å². The number of nitrogens with two attached hydrogens (primary N) is 1. The average molecular weight is 374 g/mol. The third-order valence-corrected chi connectivity index (χ3v) is 4.31. The summed E-state index contributed by atoms with van der Waals surface area (Å²) in [7, 11) is 1.55. The predicted octanol–water partition coefficient (Wildman–Crippen LogP) is 3.35. The SMILES string of the molecule is COc1cc(-c2ccc(C(=O)O)cc2)c(Br)c2cnc(N)nc12. The van der Waals surface area contributed by atoms with Crippen LogP contribution in [0.25, 0.3) is 22.0 Å². The van der Waals surface area contributed by atoms with Crippen molar-refractivity contribution >= 4 is 38.8 Å². The van der Waals surface area contributed by atoms with Crippen LogP contribution in [-0.2, 0) is 0 Å². The molecule has 1 aromatic heterocycles. The number of benzene rings is 2. The number of carboxylic acid groups (broad SMARTS) is 1. The van der Waals surface area contributed by atoms with E-state index in [0.29, 0.717) is 11.3 Å². The van der Waals surface area contributed by atoms with Gasteiger partial charge < -0.3 is 15.6 Å². The van der Waals surface area contributed by atoms with Gasteiger partial charge in [-0.15, -0.1) is 0 Å². The van der Waals surface area contributed by atoms with Crippen molar-refractivity contribution in [3.05, 3.63) is 46.6 Å². The van der Waals surface area contributed by atoms with Crippen LogP contribution in [0.15, 0.2) is 41.0 Å². The third kappa shape index (κ3) is 2.70. The molecule has 0 fully saturated rings. The van der Waals surface area contributed by atoms with Crippen LogP contribution in [0, 0.1) is 0 Å². The lowest BCUT2D eigenvalue weighted by molar-refractivity contribution is 0.0697. The number of fused-ring (bicyclic) bond motifs is 1. The number of halogens is 1. The van der Waals surface area contributed by atoms with E-state index in [1.54, 1.807) is 37.6 Å². The number of hydrogen-bond acceptors (Lipinski definition) is 5. The second-order valence-electron chi connectivity index (χ2n) is 4.81. The number of rotatable bonds is 3. The molecule has 6 nitrogen and oxygen atoms in total. The second kappa shape index (κ2) is 5.85. The van der Waals surface area contributed by atoms with Crippen LogP contribution >= 0.6 is 15.9 Å². The molecule has 3 rings (SSSR count). The van der Waals surface area contributed by atoms with E-state index in [1.165, 1.54) is 0 Å². The number of hydrogen-bond donors (Lipinski definition) is 2. The van der Waals surface area contributed by atoms with Gasteiger partial charge in [0.2, 0.25) is 5.95 Å². The minimum atomic E-state index is -0.962. The predicted molar refractivity (Wildman–Crippen MR) is 90.6 cm³/mol. The maximum Gasteiger partial charge on any atom is 0.335 e. The van der Waals surface area contributed by atoms with Gasteiger partial charge in [0.15, 0.2) is 0 Å².